The third kappa shape index (κ3) is 4.57. The predicted molar refractivity (Wildman–Crippen MR) is 124 cm³/mol. The van der Waals surface area contributed by atoms with E-state index in [1.54, 1.807) is 7.11 Å². The van der Waals surface area contributed by atoms with Gasteiger partial charge in [0.15, 0.2) is 0 Å². The number of rotatable bonds is 7. The lowest BCUT2D eigenvalue weighted by Crippen LogP contribution is -2.33. The van der Waals surface area contributed by atoms with E-state index in [0.29, 0.717) is 23.4 Å². The summed E-state index contributed by atoms with van der Waals surface area (Å²) in [6.45, 7) is 2.33. The molecule has 0 unspecified atom stereocenters. The second kappa shape index (κ2) is 9.23. The van der Waals surface area contributed by atoms with Crippen molar-refractivity contribution in [1.82, 2.24) is 4.90 Å². The smallest absolute Gasteiger partial charge is 0.268 e. The van der Waals surface area contributed by atoms with E-state index in [0.717, 1.165) is 27.3 Å². The molecule has 5 heteroatoms. The van der Waals surface area contributed by atoms with Crippen molar-refractivity contribution in [3.8, 4) is 5.75 Å². The van der Waals surface area contributed by atoms with E-state index in [1.807, 2.05) is 85.8 Å². The minimum Gasteiger partial charge on any atom is -0.497 e. The maximum Gasteiger partial charge on any atom is 0.268 e. The van der Waals surface area contributed by atoms with Gasteiger partial charge in [-0.15, -0.1) is 0 Å². The van der Waals surface area contributed by atoms with Crippen molar-refractivity contribution in [1.29, 1.82) is 0 Å². The Bertz CT molecular complexity index is 1120. The number of hydrogen-bond acceptors (Lipinski definition) is 4. The summed E-state index contributed by atoms with van der Waals surface area (Å²) in [5, 5.41) is 0. The second-order valence-corrected chi connectivity index (χ2v) is 8.43. The molecule has 1 heterocycles. The van der Waals surface area contributed by atoms with Crippen molar-refractivity contribution in [3.05, 3.63) is 100 Å². The SMILES string of the molecule is COc1ccc(CCN2C(=O)C(Sc3ccccc3)=C(c3ccc(C)cc3)C2=O)cc1. The summed E-state index contributed by atoms with van der Waals surface area (Å²) in [7, 11) is 1.63. The Labute approximate surface area is 186 Å². The van der Waals surface area contributed by atoms with Crippen molar-refractivity contribution in [3.63, 3.8) is 0 Å². The maximum atomic E-state index is 13.3. The van der Waals surface area contributed by atoms with E-state index in [1.165, 1.54) is 16.7 Å². The molecular formula is C26H23NO3S. The highest BCUT2D eigenvalue weighted by atomic mass is 32.2. The number of ether oxygens (including phenoxy) is 1. The van der Waals surface area contributed by atoms with Gasteiger partial charge in [-0.05, 0) is 48.7 Å². The number of carbonyl (C=O) groups is 2. The van der Waals surface area contributed by atoms with Gasteiger partial charge in [0.1, 0.15) is 5.75 Å². The number of methoxy groups -OCH3 is 1. The Morgan fingerprint density at radius 2 is 1.52 bits per heavy atom. The van der Waals surface area contributed by atoms with Crippen LogP contribution in [-0.2, 0) is 16.0 Å². The van der Waals surface area contributed by atoms with Gasteiger partial charge in [0.2, 0.25) is 0 Å². The van der Waals surface area contributed by atoms with Crippen molar-refractivity contribution >= 4 is 29.1 Å². The molecule has 0 aliphatic carbocycles. The molecule has 4 rings (SSSR count). The third-order valence-corrected chi connectivity index (χ3v) is 6.30. The molecule has 156 valence electrons. The van der Waals surface area contributed by atoms with Crippen LogP contribution in [0.15, 0.2) is 88.7 Å². The van der Waals surface area contributed by atoms with Gasteiger partial charge in [0, 0.05) is 11.4 Å². The van der Waals surface area contributed by atoms with Crippen LogP contribution in [0.2, 0.25) is 0 Å². The summed E-state index contributed by atoms with van der Waals surface area (Å²) in [4.78, 5) is 29.4. The minimum absolute atomic E-state index is 0.233. The van der Waals surface area contributed by atoms with Crippen LogP contribution in [0.4, 0.5) is 0 Å². The van der Waals surface area contributed by atoms with Crippen LogP contribution >= 0.6 is 11.8 Å². The van der Waals surface area contributed by atoms with Crippen LogP contribution in [0.5, 0.6) is 5.75 Å². The second-order valence-electron chi connectivity index (χ2n) is 7.35. The van der Waals surface area contributed by atoms with Crippen LogP contribution in [0, 0.1) is 6.92 Å². The van der Waals surface area contributed by atoms with E-state index in [2.05, 4.69) is 0 Å². The van der Waals surface area contributed by atoms with Gasteiger partial charge in [-0.2, -0.15) is 0 Å². The molecule has 0 aromatic heterocycles. The van der Waals surface area contributed by atoms with Crippen molar-refractivity contribution in [2.75, 3.05) is 13.7 Å². The molecule has 0 fully saturated rings. The molecule has 0 radical (unpaired) electrons. The summed E-state index contributed by atoms with van der Waals surface area (Å²) in [5.41, 5.74) is 3.40. The molecule has 0 atom stereocenters. The lowest BCUT2D eigenvalue weighted by Gasteiger charge is -2.15. The van der Waals surface area contributed by atoms with Crippen LogP contribution in [0.3, 0.4) is 0 Å². The van der Waals surface area contributed by atoms with E-state index in [9.17, 15) is 9.59 Å². The summed E-state index contributed by atoms with van der Waals surface area (Å²) in [6, 6.07) is 25.1. The van der Waals surface area contributed by atoms with Crippen LogP contribution < -0.4 is 4.74 Å². The highest BCUT2D eigenvalue weighted by Crippen LogP contribution is 2.39. The summed E-state index contributed by atoms with van der Waals surface area (Å²) >= 11 is 1.35. The molecule has 3 aromatic rings. The molecule has 0 N–H and O–H groups in total. The molecule has 0 bridgehead atoms. The number of nitrogens with zero attached hydrogens (tertiary/aromatic N) is 1. The topological polar surface area (TPSA) is 46.6 Å². The van der Waals surface area contributed by atoms with E-state index in [4.69, 9.17) is 4.74 Å². The molecule has 0 saturated carbocycles. The molecule has 31 heavy (non-hydrogen) atoms. The lowest BCUT2D eigenvalue weighted by atomic mass is 10.0. The van der Waals surface area contributed by atoms with Crippen LogP contribution in [0.1, 0.15) is 16.7 Å². The maximum absolute atomic E-state index is 13.3. The fraction of sp³-hybridized carbons (Fsp3) is 0.154. The summed E-state index contributed by atoms with van der Waals surface area (Å²) in [5.74, 6) is 0.311. The number of amides is 2. The van der Waals surface area contributed by atoms with Gasteiger partial charge in [-0.25, -0.2) is 0 Å². The van der Waals surface area contributed by atoms with Gasteiger partial charge in [-0.3, -0.25) is 14.5 Å². The molecule has 3 aromatic carbocycles. The normalized spacial score (nSPS) is 13.8. The Morgan fingerprint density at radius 3 is 2.16 bits per heavy atom. The van der Waals surface area contributed by atoms with E-state index >= 15 is 0 Å². The molecule has 0 spiro atoms. The lowest BCUT2D eigenvalue weighted by molar-refractivity contribution is -0.136. The van der Waals surface area contributed by atoms with Crippen molar-refractivity contribution in [2.24, 2.45) is 0 Å². The largest absolute Gasteiger partial charge is 0.497 e. The van der Waals surface area contributed by atoms with Gasteiger partial charge < -0.3 is 4.74 Å². The first-order chi connectivity index (χ1) is 15.1. The highest BCUT2D eigenvalue weighted by molar-refractivity contribution is 8.04. The fourth-order valence-corrected chi connectivity index (χ4v) is 4.50. The Balaban J connectivity index is 1.61. The predicted octanol–water partition coefficient (Wildman–Crippen LogP) is 5.12. The summed E-state index contributed by atoms with van der Waals surface area (Å²) in [6.07, 6.45) is 0.589. The molecule has 4 nitrogen and oxygen atoms in total. The number of aryl methyl sites for hydroxylation is 1. The highest BCUT2D eigenvalue weighted by Gasteiger charge is 2.39. The van der Waals surface area contributed by atoms with Gasteiger partial charge in [-0.1, -0.05) is 71.9 Å². The molecular weight excluding hydrogens is 406 g/mol. The summed E-state index contributed by atoms with van der Waals surface area (Å²) < 4.78 is 5.20. The van der Waals surface area contributed by atoms with Crippen molar-refractivity contribution in [2.45, 2.75) is 18.2 Å². The quantitative estimate of drug-likeness (QED) is 0.489. The molecule has 1 aliphatic rings. The van der Waals surface area contributed by atoms with Crippen LogP contribution in [0.25, 0.3) is 5.57 Å². The minimum atomic E-state index is -0.235. The zero-order chi connectivity index (χ0) is 21.8. The number of thioether (sulfide) groups is 1. The number of hydrogen-bond donors (Lipinski definition) is 0. The average Bonchev–Trinajstić information content (AvgIpc) is 3.03. The third-order valence-electron chi connectivity index (χ3n) is 5.21. The van der Waals surface area contributed by atoms with E-state index < -0.39 is 0 Å². The van der Waals surface area contributed by atoms with Crippen molar-refractivity contribution < 1.29 is 14.3 Å². The average molecular weight is 430 g/mol. The van der Waals surface area contributed by atoms with Gasteiger partial charge >= 0.3 is 0 Å². The molecule has 1 aliphatic heterocycles. The number of benzene rings is 3. The standard InChI is InChI=1S/C26H23NO3S/c1-18-8-12-20(13-9-18)23-24(31-22-6-4-3-5-7-22)26(29)27(25(23)28)17-16-19-10-14-21(30-2)15-11-19/h3-15H,16-17H2,1-2H3. The number of carbonyl (C=O) groups excluding carboxylic acids is 2. The molecule has 0 saturated heterocycles. The monoisotopic (exact) mass is 429 g/mol. The Morgan fingerprint density at radius 1 is 0.839 bits per heavy atom. The van der Waals surface area contributed by atoms with Gasteiger partial charge in [0.05, 0.1) is 17.6 Å². The fourth-order valence-electron chi connectivity index (χ4n) is 3.47. The Kier molecular flexibility index (Phi) is 6.23. The zero-order valence-electron chi connectivity index (χ0n) is 17.5. The number of imide groups is 1. The van der Waals surface area contributed by atoms with E-state index in [-0.39, 0.29) is 11.8 Å². The first-order valence-corrected chi connectivity index (χ1v) is 10.9. The van der Waals surface area contributed by atoms with Crippen LogP contribution in [-0.4, -0.2) is 30.4 Å². The Hall–Kier alpha value is -3.31. The first kappa shape index (κ1) is 20.9. The first-order valence-electron chi connectivity index (χ1n) is 10.1. The van der Waals surface area contributed by atoms with Gasteiger partial charge in [0.25, 0.3) is 11.8 Å². The molecule has 2 amide bonds. The zero-order valence-corrected chi connectivity index (χ0v) is 18.3.